The Hall–Kier alpha value is 0.0300. The van der Waals surface area contributed by atoms with Gasteiger partial charge < -0.3 is 14.4 Å². The van der Waals surface area contributed by atoms with E-state index in [9.17, 15) is 4.57 Å². The maximum absolute atomic E-state index is 11.1. The van der Waals surface area contributed by atoms with E-state index in [0.29, 0.717) is 6.61 Å². The molecule has 0 fully saturated rings. The van der Waals surface area contributed by atoms with Crippen molar-refractivity contribution in [3.8, 4) is 0 Å². The molecule has 0 radical (unpaired) electrons. The smallest absolute Gasteiger partial charge is 0.382 e. The first kappa shape index (κ1) is 14.0. The zero-order valence-corrected chi connectivity index (χ0v) is 9.37. The Morgan fingerprint density at radius 2 is 1.71 bits per heavy atom. The van der Waals surface area contributed by atoms with Crippen LogP contribution in [-0.4, -0.2) is 45.0 Å². The zero-order chi connectivity index (χ0) is 10.9. The van der Waals surface area contributed by atoms with E-state index in [1.54, 1.807) is 0 Å². The molecule has 0 amide bonds. The largest absolute Gasteiger partial charge is 0.472 e. The van der Waals surface area contributed by atoms with Crippen molar-refractivity contribution in [3.05, 3.63) is 0 Å². The van der Waals surface area contributed by atoms with E-state index < -0.39 is 7.82 Å². The first-order valence-electron chi connectivity index (χ1n) is 4.31. The number of ether oxygens (including phenoxy) is 2. The van der Waals surface area contributed by atoms with E-state index in [1.807, 2.05) is 6.92 Å². The standard InChI is InChI=1S/C7H17O6P/c1-3-11-5-7-13-14(8,9)12-6-4-10-2/h3-7H2,1-2H3,(H,8,9). The van der Waals surface area contributed by atoms with Crippen LogP contribution >= 0.6 is 7.82 Å². The van der Waals surface area contributed by atoms with E-state index >= 15 is 0 Å². The van der Waals surface area contributed by atoms with Crippen LogP contribution < -0.4 is 0 Å². The lowest BCUT2D eigenvalue weighted by molar-refractivity contribution is 0.0714. The average Bonchev–Trinajstić information content (AvgIpc) is 2.13. The van der Waals surface area contributed by atoms with Crippen LogP contribution in [0.5, 0.6) is 0 Å². The van der Waals surface area contributed by atoms with Gasteiger partial charge in [0.2, 0.25) is 0 Å². The second-order valence-corrected chi connectivity index (χ2v) is 3.78. The Morgan fingerprint density at radius 3 is 2.21 bits per heavy atom. The Bertz CT molecular complexity index is 174. The molecule has 6 nitrogen and oxygen atoms in total. The van der Waals surface area contributed by atoms with Gasteiger partial charge in [0, 0.05) is 13.7 Å². The highest BCUT2D eigenvalue weighted by atomic mass is 31.2. The Labute approximate surface area is 83.7 Å². The van der Waals surface area contributed by atoms with Crippen molar-refractivity contribution in [3.63, 3.8) is 0 Å². The number of methoxy groups -OCH3 is 1. The summed E-state index contributed by atoms with van der Waals surface area (Å²) < 4.78 is 29.8. The minimum atomic E-state index is -3.92. The highest BCUT2D eigenvalue weighted by molar-refractivity contribution is 7.47. The first-order valence-corrected chi connectivity index (χ1v) is 5.80. The van der Waals surface area contributed by atoms with Crippen LogP contribution in [0.1, 0.15) is 6.92 Å². The third-order valence-corrected chi connectivity index (χ3v) is 2.25. The molecule has 0 aromatic carbocycles. The summed E-state index contributed by atoms with van der Waals surface area (Å²) in [5.41, 5.74) is 0. The highest BCUT2D eigenvalue weighted by Crippen LogP contribution is 2.42. The van der Waals surface area contributed by atoms with Gasteiger partial charge in [0.25, 0.3) is 0 Å². The fraction of sp³-hybridized carbons (Fsp3) is 1.00. The van der Waals surface area contributed by atoms with Gasteiger partial charge in [0.15, 0.2) is 0 Å². The maximum Gasteiger partial charge on any atom is 0.472 e. The van der Waals surface area contributed by atoms with Crippen molar-refractivity contribution in [2.45, 2.75) is 6.92 Å². The monoisotopic (exact) mass is 228 g/mol. The van der Waals surface area contributed by atoms with Gasteiger partial charge in [-0.1, -0.05) is 0 Å². The quantitative estimate of drug-likeness (QED) is 0.465. The number of phosphoric acid groups is 1. The lowest BCUT2D eigenvalue weighted by Crippen LogP contribution is -2.06. The summed E-state index contributed by atoms with van der Waals surface area (Å²) in [4.78, 5) is 9.04. The molecule has 0 rings (SSSR count). The SMILES string of the molecule is CCOCCOP(=O)(O)OCCOC. The van der Waals surface area contributed by atoms with Crippen LogP contribution in [0.3, 0.4) is 0 Å². The van der Waals surface area contributed by atoms with E-state index in [2.05, 4.69) is 13.8 Å². The number of hydrogen-bond donors (Lipinski definition) is 1. The van der Waals surface area contributed by atoms with E-state index in [1.165, 1.54) is 7.11 Å². The molecule has 0 saturated heterocycles. The minimum Gasteiger partial charge on any atom is -0.382 e. The van der Waals surface area contributed by atoms with Crippen molar-refractivity contribution >= 4 is 7.82 Å². The fourth-order valence-electron chi connectivity index (χ4n) is 0.629. The van der Waals surface area contributed by atoms with Gasteiger partial charge in [-0.2, -0.15) is 0 Å². The summed E-state index contributed by atoms with van der Waals surface area (Å²) in [6.07, 6.45) is 0. The molecule has 0 aliphatic heterocycles. The van der Waals surface area contributed by atoms with Crippen LogP contribution in [0.25, 0.3) is 0 Å². The molecule has 0 bridgehead atoms. The average molecular weight is 228 g/mol. The number of hydrogen-bond acceptors (Lipinski definition) is 5. The van der Waals surface area contributed by atoms with Crippen LogP contribution in [-0.2, 0) is 23.1 Å². The topological polar surface area (TPSA) is 74.2 Å². The summed E-state index contributed by atoms with van der Waals surface area (Å²) >= 11 is 0. The molecule has 1 unspecified atom stereocenters. The van der Waals surface area contributed by atoms with Gasteiger partial charge in [0.05, 0.1) is 26.4 Å². The molecule has 0 spiro atoms. The van der Waals surface area contributed by atoms with Crippen LogP contribution in [0.4, 0.5) is 0 Å². The van der Waals surface area contributed by atoms with E-state index in [-0.39, 0.29) is 26.4 Å². The molecule has 86 valence electrons. The summed E-state index contributed by atoms with van der Waals surface area (Å²) in [5.74, 6) is 0. The maximum atomic E-state index is 11.1. The normalized spacial score (nSPS) is 15.4. The molecule has 14 heavy (non-hydrogen) atoms. The van der Waals surface area contributed by atoms with Crippen LogP contribution in [0.2, 0.25) is 0 Å². The molecule has 0 saturated carbocycles. The predicted octanol–water partition coefficient (Wildman–Crippen LogP) is 0.803. The molecule has 7 heteroatoms. The van der Waals surface area contributed by atoms with Crippen LogP contribution in [0.15, 0.2) is 0 Å². The molecule has 1 atom stereocenters. The fourth-order valence-corrected chi connectivity index (χ4v) is 1.31. The van der Waals surface area contributed by atoms with Crippen molar-refractivity contribution in [1.29, 1.82) is 0 Å². The van der Waals surface area contributed by atoms with Gasteiger partial charge in [-0.25, -0.2) is 4.57 Å². The number of rotatable bonds is 9. The van der Waals surface area contributed by atoms with Gasteiger partial charge in [-0.3, -0.25) is 9.05 Å². The molecule has 0 aromatic rings. The van der Waals surface area contributed by atoms with Gasteiger partial charge in [-0.15, -0.1) is 0 Å². The molecule has 0 aliphatic rings. The predicted molar refractivity (Wildman–Crippen MR) is 50.1 cm³/mol. The third-order valence-electron chi connectivity index (χ3n) is 1.23. The van der Waals surface area contributed by atoms with Crippen molar-refractivity contribution in [2.75, 3.05) is 40.1 Å². The Balaban J connectivity index is 3.46. The number of phosphoric ester groups is 1. The summed E-state index contributed by atoms with van der Waals surface area (Å²) in [7, 11) is -2.45. The second kappa shape index (κ2) is 8.35. The van der Waals surface area contributed by atoms with Crippen molar-refractivity contribution < 1.29 is 28.0 Å². The molecular weight excluding hydrogens is 211 g/mol. The summed E-state index contributed by atoms with van der Waals surface area (Å²) in [6.45, 7) is 2.96. The molecule has 0 aromatic heterocycles. The van der Waals surface area contributed by atoms with E-state index in [4.69, 9.17) is 9.63 Å². The van der Waals surface area contributed by atoms with Crippen LogP contribution in [0, 0.1) is 0 Å². The van der Waals surface area contributed by atoms with Gasteiger partial charge in [0.1, 0.15) is 0 Å². The summed E-state index contributed by atoms with van der Waals surface area (Å²) in [5, 5.41) is 0. The Kier molecular flexibility index (Phi) is 8.37. The highest BCUT2D eigenvalue weighted by Gasteiger charge is 2.19. The second-order valence-electron chi connectivity index (χ2n) is 2.32. The zero-order valence-electron chi connectivity index (χ0n) is 8.47. The molecule has 0 aliphatic carbocycles. The molecule has 0 heterocycles. The van der Waals surface area contributed by atoms with Crippen molar-refractivity contribution in [1.82, 2.24) is 0 Å². The lowest BCUT2D eigenvalue weighted by atomic mass is 10.8. The lowest BCUT2D eigenvalue weighted by Gasteiger charge is -2.11. The Morgan fingerprint density at radius 1 is 1.14 bits per heavy atom. The van der Waals surface area contributed by atoms with Gasteiger partial charge >= 0.3 is 7.82 Å². The third kappa shape index (κ3) is 8.62. The van der Waals surface area contributed by atoms with E-state index in [0.717, 1.165) is 0 Å². The summed E-state index contributed by atoms with van der Waals surface area (Å²) in [6, 6.07) is 0. The first-order chi connectivity index (χ1) is 6.62. The minimum absolute atomic E-state index is 0.0267. The molecular formula is C7H17O6P. The molecule has 1 N–H and O–H groups in total. The van der Waals surface area contributed by atoms with Crippen molar-refractivity contribution in [2.24, 2.45) is 0 Å². The van der Waals surface area contributed by atoms with Gasteiger partial charge in [-0.05, 0) is 6.92 Å².